The lowest BCUT2D eigenvalue weighted by Gasteiger charge is -2.26. The van der Waals surface area contributed by atoms with Crippen molar-refractivity contribution in [2.75, 3.05) is 13.2 Å². The number of aryl methyl sites for hydroxylation is 2. The fraction of sp³-hybridized carbons (Fsp3) is 0.316. The second kappa shape index (κ2) is 6.73. The van der Waals surface area contributed by atoms with Crippen molar-refractivity contribution in [1.29, 1.82) is 0 Å². The molecule has 0 aromatic heterocycles. The number of fused-ring (bicyclic) bond motifs is 1. The molecule has 0 bridgehead atoms. The molecule has 4 nitrogen and oxygen atoms in total. The van der Waals surface area contributed by atoms with Crippen LogP contribution in [0.15, 0.2) is 42.5 Å². The minimum Gasteiger partial charge on any atom is -0.486 e. The first-order valence-corrected chi connectivity index (χ1v) is 7.83. The van der Waals surface area contributed by atoms with Crippen LogP contribution in [0.5, 0.6) is 11.5 Å². The monoisotopic (exact) mass is 311 g/mol. The summed E-state index contributed by atoms with van der Waals surface area (Å²) in [6.07, 6.45) is 0.222. The van der Waals surface area contributed by atoms with Crippen molar-refractivity contribution in [2.45, 2.75) is 26.4 Å². The Labute approximate surface area is 136 Å². The molecular weight excluding hydrogens is 290 g/mol. The Hall–Kier alpha value is -2.49. The minimum atomic E-state index is -0.159. The third-order valence-corrected chi connectivity index (χ3v) is 4.03. The molecule has 2 aromatic rings. The Morgan fingerprint density at radius 2 is 1.91 bits per heavy atom. The number of nitrogens with one attached hydrogen (secondary N) is 1. The van der Waals surface area contributed by atoms with E-state index in [-0.39, 0.29) is 12.0 Å². The number of amides is 1. The average molecular weight is 311 g/mol. The lowest BCUT2D eigenvalue weighted by Crippen LogP contribution is -2.41. The van der Waals surface area contributed by atoms with Crippen LogP contribution in [0.3, 0.4) is 0 Å². The molecule has 0 spiro atoms. The Bertz CT molecular complexity index is 712. The quantitative estimate of drug-likeness (QED) is 0.944. The van der Waals surface area contributed by atoms with Crippen LogP contribution >= 0.6 is 0 Å². The largest absolute Gasteiger partial charge is 0.486 e. The zero-order chi connectivity index (χ0) is 16.2. The Balaban J connectivity index is 1.51. The molecule has 0 unspecified atom stereocenters. The van der Waals surface area contributed by atoms with Crippen LogP contribution < -0.4 is 14.8 Å². The van der Waals surface area contributed by atoms with Crippen molar-refractivity contribution < 1.29 is 14.3 Å². The van der Waals surface area contributed by atoms with Crippen LogP contribution in [-0.2, 0) is 11.2 Å². The molecule has 23 heavy (non-hydrogen) atoms. The summed E-state index contributed by atoms with van der Waals surface area (Å²) >= 11 is 0. The van der Waals surface area contributed by atoms with Crippen LogP contribution in [-0.4, -0.2) is 25.2 Å². The van der Waals surface area contributed by atoms with Gasteiger partial charge in [0, 0.05) is 0 Å². The summed E-state index contributed by atoms with van der Waals surface area (Å²) < 4.78 is 11.5. The number of para-hydroxylation sites is 2. The second-order valence-corrected chi connectivity index (χ2v) is 5.90. The van der Waals surface area contributed by atoms with E-state index in [2.05, 4.69) is 25.2 Å². The lowest BCUT2D eigenvalue weighted by atomic mass is 10.0. The van der Waals surface area contributed by atoms with E-state index < -0.39 is 0 Å². The van der Waals surface area contributed by atoms with Gasteiger partial charge in [-0.15, -0.1) is 0 Å². The number of benzene rings is 2. The Kier molecular flexibility index (Phi) is 4.51. The highest BCUT2D eigenvalue weighted by Crippen LogP contribution is 2.30. The summed E-state index contributed by atoms with van der Waals surface area (Å²) in [5.74, 6) is 1.48. The molecule has 1 amide bonds. The average Bonchev–Trinajstić information content (AvgIpc) is 2.56. The van der Waals surface area contributed by atoms with Gasteiger partial charge in [0.2, 0.25) is 5.91 Å². The first-order chi connectivity index (χ1) is 11.1. The van der Waals surface area contributed by atoms with E-state index in [0.29, 0.717) is 19.6 Å². The Morgan fingerprint density at radius 3 is 2.70 bits per heavy atom. The first kappa shape index (κ1) is 15.4. The zero-order valence-corrected chi connectivity index (χ0v) is 13.5. The highest BCUT2D eigenvalue weighted by atomic mass is 16.6. The summed E-state index contributed by atoms with van der Waals surface area (Å²) in [5, 5.41) is 2.92. The molecule has 1 atom stereocenters. The maximum atomic E-state index is 12.1. The van der Waals surface area contributed by atoms with Crippen molar-refractivity contribution >= 4 is 5.91 Å². The van der Waals surface area contributed by atoms with Crippen molar-refractivity contribution in [1.82, 2.24) is 5.32 Å². The summed E-state index contributed by atoms with van der Waals surface area (Å²) in [4.78, 5) is 12.1. The maximum Gasteiger partial charge on any atom is 0.224 e. The van der Waals surface area contributed by atoms with Gasteiger partial charge in [0.15, 0.2) is 11.5 Å². The molecular formula is C19H21NO3. The first-order valence-electron chi connectivity index (χ1n) is 7.83. The summed E-state index contributed by atoms with van der Waals surface area (Å²) in [7, 11) is 0. The van der Waals surface area contributed by atoms with Crippen molar-refractivity contribution in [3.8, 4) is 11.5 Å². The molecule has 120 valence electrons. The fourth-order valence-corrected chi connectivity index (χ4v) is 2.55. The van der Waals surface area contributed by atoms with Gasteiger partial charge >= 0.3 is 0 Å². The molecule has 4 heteroatoms. The van der Waals surface area contributed by atoms with Gasteiger partial charge in [0.1, 0.15) is 12.7 Å². The van der Waals surface area contributed by atoms with E-state index in [4.69, 9.17) is 9.47 Å². The third kappa shape index (κ3) is 3.83. The third-order valence-electron chi connectivity index (χ3n) is 4.03. The van der Waals surface area contributed by atoms with Gasteiger partial charge in [-0.25, -0.2) is 0 Å². The highest BCUT2D eigenvalue weighted by molar-refractivity contribution is 5.78. The van der Waals surface area contributed by atoms with Gasteiger partial charge in [-0.1, -0.05) is 30.3 Å². The fourth-order valence-electron chi connectivity index (χ4n) is 2.55. The summed E-state index contributed by atoms with van der Waals surface area (Å²) in [6.45, 7) is 5.01. The van der Waals surface area contributed by atoms with Gasteiger partial charge in [0.05, 0.1) is 13.0 Å². The number of carbonyl (C=O) groups excluding carboxylic acids is 1. The van der Waals surface area contributed by atoms with Gasteiger partial charge < -0.3 is 14.8 Å². The number of hydrogen-bond acceptors (Lipinski definition) is 3. The molecule has 1 N–H and O–H groups in total. The molecule has 2 aromatic carbocycles. The smallest absolute Gasteiger partial charge is 0.224 e. The highest BCUT2D eigenvalue weighted by Gasteiger charge is 2.20. The van der Waals surface area contributed by atoms with Gasteiger partial charge in [0.25, 0.3) is 0 Å². The number of ether oxygens (including phenoxy) is 2. The second-order valence-electron chi connectivity index (χ2n) is 5.90. The number of carbonyl (C=O) groups is 1. The van der Waals surface area contributed by atoms with E-state index in [0.717, 1.165) is 17.1 Å². The van der Waals surface area contributed by atoms with Crippen LogP contribution in [0.1, 0.15) is 16.7 Å². The maximum absolute atomic E-state index is 12.1. The van der Waals surface area contributed by atoms with Gasteiger partial charge in [-0.3, -0.25) is 4.79 Å². The topological polar surface area (TPSA) is 47.6 Å². The number of hydrogen-bond donors (Lipinski definition) is 1. The standard InChI is InChI=1S/C19H21NO3/c1-13-7-8-15(9-14(13)2)10-19(21)20-11-16-12-22-17-5-3-4-6-18(17)23-16/h3-9,16H,10-12H2,1-2H3,(H,20,21)/t16-/m0/s1. The molecule has 1 aliphatic rings. The SMILES string of the molecule is Cc1ccc(CC(=O)NC[C@H]2COc3ccccc3O2)cc1C. The summed E-state index contributed by atoms with van der Waals surface area (Å²) in [5.41, 5.74) is 3.47. The lowest BCUT2D eigenvalue weighted by molar-refractivity contribution is -0.120. The van der Waals surface area contributed by atoms with Gasteiger partial charge in [-0.05, 0) is 42.7 Å². The van der Waals surface area contributed by atoms with E-state index in [1.165, 1.54) is 11.1 Å². The molecule has 1 heterocycles. The predicted octanol–water partition coefficient (Wildman–Crippen LogP) is 2.80. The molecule has 0 radical (unpaired) electrons. The van der Waals surface area contributed by atoms with Crippen LogP contribution in [0, 0.1) is 13.8 Å². The Morgan fingerprint density at radius 1 is 1.13 bits per heavy atom. The van der Waals surface area contributed by atoms with Crippen molar-refractivity contribution in [2.24, 2.45) is 0 Å². The normalized spacial score (nSPS) is 16.0. The molecule has 0 saturated carbocycles. The van der Waals surface area contributed by atoms with E-state index in [1.807, 2.05) is 36.4 Å². The van der Waals surface area contributed by atoms with Crippen LogP contribution in [0.4, 0.5) is 0 Å². The minimum absolute atomic E-state index is 0.00397. The molecule has 0 aliphatic carbocycles. The van der Waals surface area contributed by atoms with E-state index in [1.54, 1.807) is 0 Å². The molecule has 0 fully saturated rings. The molecule has 0 saturated heterocycles. The zero-order valence-electron chi connectivity index (χ0n) is 13.5. The van der Waals surface area contributed by atoms with Gasteiger partial charge in [-0.2, -0.15) is 0 Å². The van der Waals surface area contributed by atoms with E-state index in [9.17, 15) is 4.79 Å². The molecule has 3 rings (SSSR count). The van der Waals surface area contributed by atoms with E-state index >= 15 is 0 Å². The molecule has 1 aliphatic heterocycles. The summed E-state index contributed by atoms with van der Waals surface area (Å²) in [6, 6.07) is 13.7. The van der Waals surface area contributed by atoms with Crippen LogP contribution in [0.25, 0.3) is 0 Å². The number of rotatable bonds is 4. The van der Waals surface area contributed by atoms with Crippen LogP contribution in [0.2, 0.25) is 0 Å². The van der Waals surface area contributed by atoms with Crippen molar-refractivity contribution in [3.05, 3.63) is 59.2 Å². The predicted molar refractivity (Wildman–Crippen MR) is 89.0 cm³/mol. The van der Waals surface area contributed by atoms with Crippen molar-refractivity contribution in [3.63, 3.8) is 0 Å².